The van der Waals surface area contributed by atoms with Crippen molar-refractivity contribution >= 4 is 16.6 Å². The standard InChI is InChI=1S/C18H12N4O/c1-11-6-7-13(8-12(11)9-19)22-16-5-3-2-4-14(16)17(21)15(10-20)18(22)23/h2-8H,21H2,1H3. The lowest BCUT2D eigenvalue weighted by Gasteiger charge is -2.14. The lowest BCUT2D eigenvalue weighted by molar-refractivity contribution is 1.03. The predicted molar refractivity (Wildman–Crippen MR) is 88.1 cm³/mol. The van der Waals surface area contributed by atoms with Crippen LogP contribution in [0.1, 0.15) is 16.7 Å². The number of nitrogen functional groups attached to an aromatic ring is 1. The molecule has 0 bridgehead atoms. The van der Waals surface area contributed by atoms with Crippen LogP contribution in [0, 0.1) is 29.6 Å². The summed E-state index contributed by atoms with van der Waals surface area (Å²) in [5, 5.41) is 19.1. The first kappa shape index (κ1) is 14.4. The number of nitriles is 2. The average Bonchev–Trinajstić information content (AvgIpc) is 2.57. The van der Waals surface area contributed by atoms with Crippen molar-refractivity contribution in [3.05, 3.63) is 69.5 Å². The van der Waals surface area contributed by atoms with E-state index in [1.165, 1.54) is 4.57 Å². The lowest BCUT2D eigenvalue weighted by Crippen LogP contribution is -2.23. The number of anilines is 1. The van der Waals surface area contributed by atoms with Gasteiger partial charge in [0.05, 0.1) is 28.5 Å². The normalized spacial score (nSPS) is 10.2. The molecule has 2 N–H and O–H groups in total. The van der Waals surface area contributed by atoms with Crippen LogP contribution >= 0.6 is 0 Å². The Morgan fingerprint density at radius 2 is 1.83 bits per heavy atom. The molecule has 3 aromatic rings. The second-order valence-corrected chi connectivity index (χ2v) is 5.17. The summed E-state index contributed by atoms with van der Waals surface area (Å²) in [6, 6.07) is 16.3. The summed E-state index contributed by atoms with van der Waals surface area (Å²) < 4.78 is 1.42. The number of nitrogens with two attached hydrogens (primary N) is 1. The van der Waals surface area contributed by atoms with Crippen LogP contribution < -0.4 is 11.3 Å². The van der Waals surface area contributed by atoms with Gasteiger partial charge in [-0.1, -0.05) is 24.3 Å². The second kappa shape index (κ2) is 5.32. The summed E-state index contributed by atoms with van der Waals surface area (Å²) in [6.45, 7) is 1.83. The zero-order valence-corrected chi connectivity index (χ0v) is 12.4. The van der Waals surface area contributed by atoms with Crippen LogP contribution in [0.15, 0.2) is 47.3 Å². The van der Waals surface area contributed by atoms with E-state index in [0.717, 1.165) is 5.56 Å². The molecule has 0 radical (unpaired) electrons. The molecule has 0 atom stereocenters. The van der Waals surface area contributed by atoms with Crippen molar-refractivity contribution in [1.82, 2.24) is 4.57 Å². The Morgan fingerprint density at radius 3 is 2.52 bits per heavy atom. The third kappa shape index (κ3) is 2.12. The van der Waals surface area contributed by atoms with Crippen molar-refractivity contribution in [3.63, 3.8) is 0 Å². The molecule has 0 aliphatic carbocycles. The van der Waals surface area contributed by atoms with Crippen molar-refractivity contribution in [3.8, 4) is 17.8 Å². The zero-order chi connectivity index (χ0) is 16.6. The lowest BCUT2D eigenvalue weighted by atomic mass is 10.1. The summed E-state index contributed by atoms with van der Waals surface area (Å²) >= 11 is 0. The van der Waals surface area contributed by atoms with Gasteiger partial charge in [0.1, 0.15) is 11.6 Å². The van der Waals surface area contributed by atoms with Crippen molar-refractivity contribution in [2.75, 3.05) is 5.73 Å². The van der Waals surface area contributed by atoms with Crippen molar-refractivity contribution in [2.24, 2.45) is 0 Å². The number of benzene rings is 2. The number of pyridine rings is 1. The topological polar surface area (TPSA) is 95.6 Å². The molecule has 0 spiro atoms. The van der Waals surface area contributed by atoms with Crippen LogP contribution in [-0.4, -0.2) is 4.57 Å². The SMILES string of the molecule is Cc1ccc(-n2c(=O)c(C#N)c(N)c3ccccc32)cc1C#N. The van der Waals surface area contributed by atoms with E-state index in [1.807, 2.05) is 13.0 Å². The third-order valence-electron chi connectivity index (χ3n) is 3.83. The first-order chi connectivity index (χ1) is 11.1. The molecule has 0 amide bonds. The Bertz CT molecular complexity index is 1080. The fourth-order valence-corrected chi connectivity index (χ4v) is 2.60. The Hall–Kier alpha value is -3.57. The van der Waals surface area contributed by atoms with E-state index in [0.29, 0.717) is 22.2 Å². The van der Waals surface area contributed by atoms with Crippen LogP contribution in [0.25, 0.3) is 16.6 Å². The molecule has 23 heavy (non-hydrogen) atoms. The molecule has 5 heteroatoms. The highest BCUT2D eigenvalue weighted by Crippen LogP contribution is 2.25. The smallest absolute Gasteiger partial charge is 0.275 e. The molecule has 0 aliphatic heterocycles. The van der Waals surface area contributed by atoms with Gasteiger partial charge in [-0.3, -0.25) is 9.36 Å². The molecule has 2 aromatic carbocycles. The Morgan fingerprint density at radius 1 is 1.09 bits per heavy atom. The first-order valence-electron chi connectivity index (χ1n) is 6.93. The monoisotopic (exact) mass is 300 g/mol. The molecule has 3 rings (SSSR count). The van der Waals surface area contributed by atoms with E-state index in [1.54, 1.807) is 42.5 Å². The van der Waals surface area contributed by atoms with E-state index in [4.69, 9.17) is 5.73 Å². The molecule has 110 valence electrons. The highest BCUT2D eigenvalue weighted by Gasteiger charge is 2.16. The highest BCUT2D eigenvalue weighted by atomic mass is 16.1. The quantitative estimate of drug-likeness (QED) is 0.747. The van der Waals surface area contributed by atoms with Gasteiger partial charge >= 0.3 is 0 Å². The number of hydrogen-bond acceptors (Lipinski definition) is 4. The minimum atomic E-state index is -0.489. The van der Waals surface area contributed by atoms with E-state index in [9.17, 15) is 15.3 Å². The Labute approximate surface area is 132 Å². The largest absolute Gasteiger partial charge is 0.397 e. The Kier molecular flexibility index (Phi) is 3.33. The van der Waals surface area contributed by atoms with Gasteiger partial charge in [0, 0.05) is 5.39 Å². The van der Waals surface area contributed by atoms with Gasteiger partial charge < -0.3 is 5.73 Å². The second-order valence-electron chi connectivity index (χ2n) is 5.17. The van der Waals surface area contributed by atoms with E-state index < -0.39 is 5.56 Å². The fourth-order valence-electron chi connectivity index (χ4n) is 2.60. The summed E-state index contributed by atoms with van der Waals surface area (Å²) in [5.74, 6) is 0. The predicted octanol–water partition coefficient (Wildman–Crippen LogP) is 2.62. The van der Waals surface area contributed by atoms with E-state index in [-0.39, 0.29) is 11.3 Å². The number of nitrogens with zero attached hydrogens (tertiary/aromatic N) is 3. The van der Waals surface area contributed by atoms with Gasteiger partial charge in [0.15, 0.2) is 0 Å². The van der Waals surface area contributed by atoms with Crippen LogP contribution in [0.4, 0.5) is 5.69 Å². The number of aryl methyl sites for hydroxylation is 1. The van der Waals surface area contributed by atoms with Crippen LogP contribution in [0.2, 0.25) is 0 Å². The maximum Gasteiger partial charge on any atom is 0.275 e. The zero-order valence-electron chi connectivity index (χ0n) is 12.4. The molecule has 0 aliphatic rings. The van der Waals surface area contributed by atoms with Gasteiger partial charge in [0.25, 0.3) is 5.56 Å². The molecule has 1 heterocycles. The number of aromatic nitrogens is 1. The van der Waals surface area contributed by atoms with Gasteiger partial charge in [-0.15, -0.1) is 0 Å². The van der Waals surface area contributed by atoms with Gasteiger partial charge in [-0.25, -0.2) is 0 Å². The summed E-state index contributed by atoms with van der Waals surface area (Å²) in [5.41, 5.74) is 8.00. The third-order valence-corrected chi connectivity index (χ3v) is 3.83. The number of rotatable bonds is 1. The molecular weight excluding hydrogens is 288 g/mol. The maximum atomic E-state index is 12.7. The van der Waals surface area contributed by atoms with E-state index in [2.05, 4.69) is 6.07 Å². The molecule has 0 unspecified atom stereocenters. The minimum Gasteiger partial charge on any atom is -0.397 e. The van der Waals surface area contributed by atoms with Crippen molar-refractivity contribution < 1.29 is 0 Å². The molecule has 0 saturated carbocycles. The average molecular weight is 300 g/mol. The number of hydrogen-bond donors (Lipinski definition) is 1. The number of para-hydroxylation sites is 1. The van der Waals surface area contributed by atoms with Gasteiger partial charge in [-0.05, 0) is 30.7 Å². The van der Waals surface area contributed by atoms with Gasteiger partial charge in [-0.2, -0.15) is 10.5 Å². The first-order valence-corrected chi connectivity index (χ1v) is 6.93. The Balaban J connectivity index is 2.50. The fraction of sp³-hybridized carbons (Fsp3) is 0.0556. The highest BCUT2D eigenvalue weighted by molar-refractivity contribution is 5.94. The summed E-state index contributed by atoms with van der Waals surface area (Å²) in [7, 11) is 0. The maximum absolute atomic E-state index is 12.7. The molecular formula is C18H12N4O. The summed E-state index contributed by atoms with van der Waals surface area (Å²) in [6.07, 6.45) is 0. The van der Waals surface area contributed by atoms with Crippen LogP contribution in [-0.2, 0) is 0 Å². The minimum absolute atomic E-state index is 0.0946. The number of fused-ring (bicyclic) bond motifs is 1. The van der Waals surface area contributed by atoms with Crippen LogP contribution in [0.3, 0.4) is 0 Å². The van der Waals surface area contributed by atoms with Gasteiger partial charge in [0.2, 0.25) is 0 Å². The van der Waals surface area contributed by atoms with Crippen molar-refractivity contribution in [1.29, 1.82) is 10.5 Å². The van der Waals surface area contributed by atoms with E-state index >= 15 is 0 Å². The molecule has 1 aromatic heterocycles. The summed E-state index contributed by atoms with van der Waals surface area (Å²) in [4.78, 5) is 12.7. The molecule has 0 saturated heterocycles. The molecule has 5 nitrogen and oxygen atoms in total. The molecule has 0 fully saturated rings. The van der Waals surface area contributed by atoms with Crippen LogP contribution in [0.5, 0.6) is 0 Å². The van der Waals surface area contributed by atoms with Crippen molar-refractivity contribution in [2.45, 2.75) is 6.92 Å².